The van der Waals surface area contributed by atoms with Crippen molar-refractivity contribution in [2.75, 3.05) is 6.61 Å². The lowest BCUT2D eigenvalue weighted by molar-refractivity contribution is -0.132. The molecule has 30 heavy (non-hydrogen) atoms. The van der Waals surface area contributed by atoms with Crippen LogP contribution in [-0.4, -0.2) is 39.8 Å². The molecule has 0 bridgehead atoms. The van der Waals surface area contributed by atoms with Gasteiger partial charge in [-0.2, -0.15) is 0 Å². The zero-order valence-corrected chi connectivity index (χ0v) is 18.4. The van der Waals surface area contributed by atoms with Gasteiger partial charge in [-0.05, 0) is 51.0 Å². The number of aromatic nitrogens is 1. The molecule has 0 radical (unpaired) electrons. The Labute approximate surface area is 176 Å². The Bertz CT molecular complexity index is 947. The van der Waals surface area contributed by atoms with E-state index < -0.39 is 12.0 Å². The fraction of sp³-hybridized carbons (Fsp3) is 0.435. The van der Waals surface area contributed by atoms with Crippen LogP contribution in [0.3, 0.4) is 0 Å². The summed E-state index contributed by atoms with van der Waals surface area (Å²) in [5.74, 6) is -1.28. The van der Waals surface area contributed by atoms with E-state index in [1.807, 2.05) is 0 Å². The topological polar surface area (TPSA) is 68.6 Å². The molecule has 0 aliphatic carbocycles. The molecule has 2 rings (SSSR count). The molecular formula is C23H29FN2O4. The summed E-state index contributed by atoms with van der Waals surface area (Å²) in [7, 11) is 1.71. The molecule has 2 aromatic rings. The van der Waals surface area contributed by atoms with E-state index in [9.17, 15) is 18.8 Å². The van der Waals surface area contributed by atoms with Crippen LogP contribution in [-0.2, 0) is 23.1 Å². The molecule has 1 atom stereocenters. The minimum Gasteiger partial charge on any atom is -0.461 e. The van der Waals surface area contributed by atoms with Gasteiger partial charge in [0.25, 0.3) is 0 Å². The Morgan fingerprint density at radius 3 is 2.27 bits per heavy atom. The standard InChI is InChI=1S/C23H29FN2O4/c1-7-19(27)26(13-17-9-11-18(24)12-10-17)16(5)22(28)20-14(3)21(23(29)30-8-2)25(6)15(20)4/h9-12,16H,7-8,13H2,1-6H3/t16-/m1/s1. The number of amides is 1. The Morgan fingerprint density at radius 1 is 1.13 bits per heavy atom. The van der Waals surface area contributed by atoms with E-state index in [-0.39, 0.29) is 37.1 Å². The van der Waals surface area contributed by atoms with Crippen molar-refractivity contribution in [3.8, 4) is 0 Å². The van der Waals surface area contributed by atoms with Crippen LogP contribution in [0.2, 0.25) is 0 Å². The third-order valence-corrected chi connectivity index (χ3v) is 5.38. The summed E-state index contributed by atoms with van der Waals surface area (Å²) in [4.78, 5) is 39.9. The van der Waals surface area contributed by atoms with E-state index in [2.05, 4.69) is 0 Å². The van der Waals surface area contributed by atoms with E-state index in [0.717, 1.165) is 5.56 Å². The highest BCUT2D eigenvalue weighted by Gasteiger charge is 2.32. The monoisotopic (exact) mass is 416 g/mol. The number of benzene rings is 1. The number of Topliss-reactive ketones (excluding diaryl/α,β-unsaturated/α-hetero) is 1. The molecule has 1 amide bonds. The summed E-state index contributed by atoms with van der Waals surface area (Å²) >= 11 is 0. The average Bonchev–Trinajstić information content (AvgIpc) is 2.94. The number of halogens is 1. The third-order valence-electron chi connectivity index (χ3n) is 5.38. The van der Waals surface area contributed by atoms with Crippen molar-refractivity contribution >= 4 is 17.7 Å². The van der Waals surface area contributed by atoms with Gasteiger partial charge < -0.3 is 14.2 Å². The van der Waals surface area contributed by atoms with E-state index in [1.165, 1.54) is 17.0 Å². The predicted octanol–water partition coefficient (Wildman–Crippen LogP) is 3.97. The molecule has 0 fully saturated rings. The highest BCUT2D eigenvalue weighted by Crippen LogP contribution is 2.25. The van der Waals surface area contributed by atoms with Crippen LogP contribution in [0, 0.1) is 19.7 Å². The molecule has 0 spiro atoms. The van der Waals surface area contributed by atoms with Crippen LogP contribution in [0.25, 0.3) is 0 Å². The largest absolute Gasteiger partial charge is 0.461 e. The molecule has 0 N–H and O–H groups in total. The second-order valence-corrected chi connectivity index (χ2v) is 7.26. The van der Waals surface area contributed by atoms with Crippen LogP contribution in [0.5, 0.6) is 0 Å². The van der Waals surface area contributed by atoms with Gasteiger partial charge in [-0.15, -0.1) is 0 Å². The highest BCUT2D eigenvalue weighted by molar-refractivity contribution is 6.06. The zero-order chi connectivity index (χ0) is 22.6. The first-order chi connectivity index (χ1) is 14.1. The molecular weight excluding hydrogens is 387 g/mol. The van der Waals surface area contributed by atoms with Gasteiger partial charge in [-0.3, -0.25) is 9.59 Å². The Hall–Kier alpha value is -2.96. The number of nitrogens with zero attached hydrogens (tertiary/aromatic N) is 2. The predicted molar refractivity (Wildman–Crippen MR) is 112 cm³/mol. The number of carbonyl (C=O) groups is 3. The summed E-state index contributed by atoms with van der Waals surface area (Å²) in [6, 6.07) is 5.10. The lowest BCUT2D eigenvalue weighted by atomic mass is 9.99. The van der Waals surface area contributed by atoms with Crippen molar-refractivity contribution in [2.24, 2.45) is 7.05 Å². The number of hydrogen-bond donors (Lipinski definition) is 0. The quantitative estimate of drug-likeness (QED) is 0.482. The number of ether oxygens (including phenoxy) is 1. The van der Waals surface area contributed by atoms with Gasteiger partial charge in [-0.25, -0.2) is 9.18 Å². The van der Waals surface area contributed by atoms with Crippen LogP contribution in [0.1, 0.15) is 64.9 Å². The molecule has 7 heteroatoms. The molecule has 1 aromatic carbocycles. The van der Waals surface area contributed by atoms with Crippen molar-refractivity contribution in [3.05, 3.63) is 58.2 Å². The van der Waals surface area contributed by atoms with Crippen molar-refractivity contribution in [1.82, 2.24) is 9.47 Å². The summed E-state index contributed by atoms with van der Waals surface area (Å²) in [5.41, 5.74) is 2.65. The molecule has 0 aliphatic rings. The van der Waals surface area contributed by atoms with Crippen LogP contribution >= 0.6 is 0 Å². The Balaban J connectivity index is 2.41. The van der Waals surface area contributed by atoms with Gasteiger partial charge in [0.2, 0.25) is 5.91 Å². The lowest BCUT2D eigenvalue weighted by Crippen LogP contribution is -2.42. The van der Waals surface area contributed by atoms with E-state index in [4.69, 9.17) is 4.74 Å². The van der Waals surface area contributed by atoms with Gasteiger partial charge in [0.05, 0.1) is 12.6 Å². The number of rotatable bonds is 8. The van der Waals surface area contributed by atoms with E-state index in [1.54, 1.807) is 58.4 Å². The van der Waals surface area contributed by atoms with Crippen molar-refractivity contribution in [1.29, 1.82) is 0 Å². The van der Waals surface area contributed by atoms with Crippen molar-refractivity contribution in [3.63, 3.8) is 0 Å². The maximum Gasteiger partial charge on any atom is 0.355 e. The number of carbonyl (C=O) groups excluding carboxylic acids is 3. The van der Waals surface area contributed by atoms with Crippen LogP contribution < -0.4 is 0 Å². The SMILES string of the molecule is CCOC(=O)c1c(C)c(C(=O)[C@@H](C)N(Cc2ccc(F)cc2)C(=O)CC)c(C)n1C. The van der Waals surface area contributed by atoms with E-state index >= 15 is 0 Å². The van der Waals surface area contributed by atoms with Gasteiger partial charge in [0.15, 0.2) is 5.78 Å². The van der Waals surface area contributed by atoms with Gasteiger partial charge in [-0.1, -0.05) is 19.1 Å². The first-order valence-corrected chi connectivity index (χ1v) is 10.0. The van der Waals surface area contributed by atoms with Gasteiger partial charge in [0.1, 0.15) is 11.5 Å². The highest BCUT2D eigenvalue weighted by atomic mass is 19.1. The fourth-order valence-electron chi connectivity index (χ4n) is 3.61. The molecule has 0 saturated heterocycles. The molecule has 162 valence electrons. The maximum absolute atomic E-state index is 13.4. The molecule has 0 unspecified atom stereocenters. The fourth-order valence-corrected chi connectivity index (χ4v) is 3.61. The minimum absolute atomic E-state index is 0.183. The van der Waals surface area contributed by atoms with E-state index in [0.29, 0.717) is 22.5 Å². The maximum atomic E-state index is 13.4. The third kappa shape index (κ3) is 4.61. The summed E-state index contributed by atoms with van der Waals surface area (Å²) < 4.78 is 20.0. The summed E-state index contributed by atoms with van der Waals surface area (Å²) in [5, 5.41) is 0. The van der Waals surface area contributed by atoms with Crippen LogP contribution in [0.4, 0.5) is 4.39 Å². The lowest BCUT2D eigenvalue weighted by Gasteiger charge is -2.28. The Morgan fingerprint density at radius 2 is 1.73 bits per heavy atom. The normalized spacial score (nSPS) is 11.8. The smallest absolute Gasteiger partial charge is 0.355 e. The summed E-state index contributed by atoms with van der Waals surface area (Å²) in [6.07, 6.45) is 0.236. The first-order valence-electron chi connectivity index (χ1n) is 10.0. The molecule has 1 aromatic heterocycles. The zero-order valence-electron chi connectivity index (χ0n) is 18.4. The number of esters is 1. The number of ketones is 1. The van der Waals surface area contributed by atoms with Crippen LogP contribution in [0.15, 0.2) is 24.3 Å². The van der Waals surface area contributed by atoms with Gasteiger partial charge in [0, 0.05) is 31.3 Å². The molecule has 1 heterocycles. The number of hydrogen-bond acceptors (Lipinski definition) is 4. The Kier molecular flexibility index (Phi) is 7.54. The second kappa shape index (κ2) is 9.69. The molecule has 0 saturated carbocycles. The molecule has 0 aliphatic heterocycles. The van der Waals surface area contributed by atoms with Crippen molar-refractivity contribution < 1.29 is 23.5 Å². The minimum atomic E-state index is -0.752. The second-order valence-electron chi connectivity index (χ2n) is 7.26. The van der Waals surface area contributed by atoms with Crippen molar-refractivity contribution in [2.45, 2.75) is 53.6 Å². The summed E-state index contributed by atoms with van der Waals surface area (Å²) in [6.45, 7) is 9.03. The van der Waals surface area contributed by atoms with Gasteiger partial charge >= 0.3 is 5.97 Å². The average molecular weight is 416 g/mol. The first kappa shape index (κ1) is 23.3. The molecule has 6 nitrogen and oxygen atoms in total.